The molecule has 3 rings (SSSR count). The minimum Gasteiger partial charge on any atom is -0.406 e. The highest BCUT2D eigenvalue weighted by atomic mass is 16.4. The van der Waals surface area contributed by atoms with E-state index >= 15 is 0 Å². The van der Waals surface area contributed by atoms with E-state index in [2.05, 4.69) is 15.3 Å². The third-order valence-electron chi connectivity index (χ3n) is 2.43. The SMILES string of the molecule is O=C(NC1CC1)c1ccc2oc(=O)[nH]c2n1. The van der Waals surface area contributed by atoms with Crippen molar-refractivity contribution < 1.29 is 9.21 Å². The number of aromatic amines is 1. The number of pyridine rings is 1. The maximum Gasteiger partial charge on any atom is 0.418 e. The van der Waals surface area contributed by atoms with Gasteiger partial charge in [0.15, 0.2) is 11.2 Å². The van der Waals surface area contributed by atoms with Gasteiger partial charge in [-0.05, 0) is 25.0 Å². The van der Waals surface area contributed by atoms with Crippen molar-refractivity contribution >= 4 is 17.1 Å². The number of fused-ring (bicyclic) bond motifs is 1. The van der Waals surface area contributed by atoms with E-state index in [4.69, 9.17) is 4.42 Å². The summed E-state index contributed by atoms with van der Waals surface area (Å²) in [7, 11) is 0. The number of carbonyl (C=O) groups excluding carboxylic acids is 1. The molecule has 82 valence electrons. The van der Waals surface area contributed by atoms with Gasteiger partial charge in [0.05, 0.1) is 0 Å². The predicted octanol–water partition coefficient (Wildman–Crippen LogP) is 0.408. The molecule has 6 heteroatoms. The molecule has 0 radical (unpaired) electrons. The zero-order valence-electron chi connectivity index (χ0n) is 8.32. The van der Waals surface area contributed by atoms with E-state index in [1.54, 1.807) is 6.07 Å². The molecule has 1 aliphatic rings. The lowest BCUT2D eigenvalue weighted by atomic mass is 10.3. The van der Waals surface area contributed by atoms with Crippen LogP contribution in [0.3, 0.4) is 0 Å². The number of oxazole rings is 1. The molecule has 0 bridgehead atoms. The average molecular weight is 219 g/mol. The number of amides is 1. The first kappa shape index (κ1) is 9.14. The van der Waals surface area contributed by atoms with E-state index in [1.807, 2.05) is 0 Å². The summed E-state index contributed by atoms with van der Waals surface area (Å²) in [6.45, 7) is 0. The van der Waals surface area contributed by atoms with Gasteiger partial charge in [0.1, 0.15) is 5.69 Å². The van der Waals surface area contributed by atoms with Gasteiger partial charge in [0.25, 0.3) is 5.91 Å². The van der Waals surface area contributed by atoms with Crippen molar-refractivity contribution in [3.63, 3.8) is 0 Å². The van der Waals surface area contributed by atoms with Crippen molar-refractivity contribution in [2.24, 2.45) is 0 Å². The zero-order valence-corrected chi connectivity index (χ0v) is 8.32. The third kappa shape index (κ3) is 1.58. The van der Waals surface area contributed by atoms with E-state index in [1.165, 1.54) is 6.07 Å². The molecular weight excluding hydrogens is 210 g/mol. The molecule has 6 nitrogen and oxygen atoms in total. The maximum atomic E-state index is 11.6. The number of rotatable bonds is 2. The molecule has 2 heterocycles. The Morgan fingerprint density at radius 3 is 3.06 bits per heavy atom. The molecule has 0 saturated heterocycles. The van der Waals surface area contributed by atoms with Crippen molar-refractivity contribution in [2.45, 2.75) is 18.9 Å². The Morgan fingerprint density at radius 2 is 2.31 bits per heavy atom. The fourth-order valence-corrected chi connectivity index (χ4v) is 1.45. The van der Waals surface area contributed by atoms with Crippen LogP contribution in [0.1, 0.15) is 23.3 Å². The maximum absolute atomic E-state index is 11.6. The van der Waals surface area contributed by atoms with Crippen LogP contribution in [0, 0.1) is 0 Å². The molecule has 2 aromatic rings. The van der Waals surface area contributed by atoms with Gasteiger partial charge in [-0.3, -0.25) is 9.78 Å². The lowest BCUT2D eigenvalue weighted by Crippen LogP contribution is -2.26. The van der Waals surface area contributed by atoms with E-state index in [0.29, 0.717) is 11.2 Å². The lowest BCUT2D eigenvalue weighted by molar-refractivity contribution is 0.0946. The van der Waals surface area contributed by atoms with Gasteiger partial charge in [-0.15, -0.1) is 0 Å². The quantitative estimate of drug-likeness (QED) is 0.765. The molecule has 2 aromatic heterocycles. The fraction of sp³-hybridized carbons (Fsp3) is 0.300. The molecule has 0 spiro atoms. The Balaban J connectivity index is 1.96. The van der Waals surface area contributed by atoms with Crippen LogP contribution in [-0.2, 0) is 0 Å². The summed E-state index contributed by atoms with van der Waals surface area (Å²) in [5.74, 6) is -0.784. The molecule has 1 aliphatic carbocycles. The lowest BCUT2D eigenvalue weighted by Gasteiger charge is -2.01. The highest BCUT2D eigenvalue weighted by molar-refractivity contribution is 5.94. The molecule has 1 amide bonds. The Kier molecular flexibility index (Phi) is 1.82. The fourth-order valence-electron chi connectivity index (χ4n) is 1.45. The summed E-state index contributed by atoms with van der Waals surface area (Å²) >= 11 is 0. The number of hydrogen-bond acceptors (Lipinski definition) is 4. The highest BCUT2D eigenvalue weighted by Crippen LogP contribution is 2.19. The molecule has 1 saturated carbocycles. The van der Waals surface area contributed by atoms with Crippen LogP contribution in [0.25, 0.3) is 11.2 Å². The van der Waals surface area contributed by atoms with Crippen molar-refractivity contribution in [3.05, 3.63) is 28.4 Å². The normalized spacial score (nSPS) is 15.2. The summed E-state index contributed by atoms with van der Waals surface area (Å²) in [6, 6.07) is 3.38. The topological polar surface area (TPSA) is 88.0 Å². The van der Waals surface area contributed by atoms with Crippen LogP contribution >= 0.6 is 0 Å². The summed E-state index contributed by atoms with van der Waals surface area (Å²) in [5.41, 5.74) is 0.942. The van der Waals surface area contributed by atoms with E-state index < -0.39 is 5.76 Å². The van der Waals surface area contributed by atoms with Crippen LogP contribution in [0.15, 0.2) is 21.3 Å². The van der Waals surface area contributed by atoms with Gasteiger partial charge >= 0.3 is 5.76 Å². The summed E-state index contributed by atoms with van der Waals surface area (Å²) < 4.78 is 4.79. The largest absolute Gasteiger partial charge is 0.418 e. The van der Waals surface area contributed by atoms with Crippen LogP contribution in [0.4, 0.5) is 0 Å². The number of nitrogens with zero attached hydrogens (tertiary/aromatic N) is 1. The molecule has 0 aliphatic heterocycles. The Morgan fingerprint density at radius 1 is 1.50 bits per heavy atom. The summed E-state index contributed by atoms with van der Waals surface area (Å²) in [6.07, 6.45) is 2.05. The zero-order chi connectivity index (χ0) is 11.1. The van der Waals surface area contributed by atoms with Crippen molar-refractivity contribution in [2.75, 3.05) is 0 Å². The number of aromatic nitrogens is 2. The van der Waals surface area contributed by atoms with Crippen molar-refractivity contribution in [1.82, 2.24) is 15.3 Å². The first-order valence-corrected chi connectivity index (χ1v) is 5.03. The van der Waals surface area contributed by atoms with Gasteiger partial charge in [-0.2, -0.15) is 0 Å². The molecule has 0 atom stereocenters. The second-order valence-corrected chi connectivity index (χ2v) is 3.81. The van der Waals surface area contributed by atoms with Gasteiger partial charge in [0.2, 0.25) is 0 Å². The van der Waals surface area contributed by atoms with Gasteiger partial charge in [0, 0.05) is 6.04 Å². The van der Waals surface area contributed by atoms with Crippen LogP contribution in [-0.4, -0.2) is 21.9 Å². The molecule has 2 N–H and O–H groups in total. The summed E-state index contributed by atoms with van der Waals surface area (Å²) in [5, 5.41) is 2.82. The standard InChI is InChI=1S/C10H9N3O3/c14-9(11-5-1-2-5)6-3-4-7-8(12-6)13-10(15)16-7/h3-5H,1-2H2,(H,11,14)(H,12,13,15). The minimum absolute atomic E-state index is 0.216. The third-order valence-corrected chi connectivity index (χ3v) is 2.43. The molecule has 16 heavy (non-hydrogen) atoms. The average Bonchev–Trinajstić information content (AvgIpc) is 2.96. The van der Waals surface area contributed by atoms with E-state index in [-0.39, 0.29) is 17.6 Å². The van der Waals surface area contributed by atoms with Gasteiger partial charge in [-0.1, -0.05) is 0 Å². The number of carbonyl (C=O) groups is 1. The second kappa shape index (κ2) is 3.19. The summed E-state index contributed by atoms with van der Waals surface area (Å²) in [4.78, 5) is 29.0. The molecule has 1 fully saturated rings. The van der Waals surface area contributed by atoms with Gasteiger partial charge < -0.3 is 9.73 Å². The molecular formula is C10H9N3O3. The number of hydrogen-bond donors (Lipinski definition) is 2. The molecule has 0 aromatic carbocycles. The Hall–Kier alpha value is -2.11. The van der Waals surface area contributed by atoms with Crippen molar-refractivity contribution in [3.8, 4) is 0 Å². The molecule has 0 unspecified atom stereocenters. The van der Waals surface area contributed by atoms with Crippen LogP contribution in [0.5, 0.6) is 0 Å². The first-order valence-electron chi connectivity index (χ1n) is 5.03. The van der Waals surface area contributed by atoms with E-state index in [0.717, 1.165) is 12.8 Å². The Labute approximate surface area is 89.7 Å². The second-order valence-electron chi connectivity index (χ2n) is 3.81. The number of nitrogens with one attached hydrogen (secondary N) is 2. The van der Waals surface area contributed by atoms with Crippen LogP contribution in [0.2, 0.25) is 0 Å². The predicted molar refractivity (Wildman–Crippen MR) is 55.1 cm³/mol. The highest BCUT2D eigenvalue weighted by Gasteiger charge is 2.24. The number of H-pyrrole nitrogens is 1. The van der Waals surface area contributed by atoms with E-state index in [9.17, 15) is 9.59 Å². The van der Waals surface area contributed by atoms with Crippen molar-refractivity contribution in [1.29, 1.82) is 0 Å². The van der Waals surface area contributed by atoms with Gasteiger partial charge in [-0.25, -0.2) is 9.78 Å². The smallest absolute Gasteiger partial charge is 0.406 e. The monoisotopic (exact) mass is 219 g/mol. The first-order chi connectivity index (χ1) is 7.72. The Bertz CT molecular complexity index is 609. The van der Waals surface area contributed by atoms with Crippen LogP contribution < -0.4 is 11.1 Å². The minimum atomic E-state index is -0.567.